The summed E-state index contributed by atoms with van der Waals surface area (Å²) in [7, 11) is 1.24. The Bertz CT molecular complexity index is 513. The third kappa shape index (κ3) is 3.33. The Morgan fingerprint density at radius 3 is 2.85 bits per heavy atom. The third-order valence-electron chi connectivity index (χ3n) is 3.27. The Morgan fingerprint density at radius 2 is 2.20 bits per heavy atom. The maximum absolute atomic E-state index is 13.3. The lowest BCUT2D eigenvalue weighted by Crippen LogP contribution is -2.43. The lowest BCUT2D eigenvalue weighted by Gasteiger charge is -2.23. The number of hydrogen-bond donors (Lipinski definition) is 2. The summed E-state index contributed by atoms with van der Waals surface area (Å²) >= 11 is 0. The summed E-state index contributed by atoms with van der Waals surface area (Å²) in [5.41, 5.74) is 0.271. The van der Waals surface area contributed by atoms with Crippen molar-refractivity contribution in [2.75, 3.05) is 19.0 Å². The molecule has 1 atom stereocenters. The van der Waals surface area contributed by atoms with Gasteiger partial charge in [0.15, 0.2) is 0 Å². The van der Waals surface area contributed by atoms with E-state index < -0.39 is 11.8 Å². The summed E-state index contributed by atoms with van der Waals surface area (Å²) in [5, 5.41) is 5.69. The van der Waals surface area contributed by atoms with Crippen molar-refractivity contribution in [3.8, 4) is 0 Å². The van der Waals surface area contributed by atoms with Gasteiger partial charge >= 0.3 is 5.97 Å². The average Bonchev–Trinajstić information content (AvgIpc) is 2.47. The van der Waals surface area contributed by atoms with Crippen molar-refractivity contribution < 1.29 is 18.7 Å². The Labute approximate surface area is 116 Å². The second-order valence-electron chi connectivity index (χ2n) is 4.67. The number of methoxy groups -OCH3 is 1. The molecule has 1 aliphatic rings. The minimum atomic E-state index is -0.614. The number of amides is 1. The van der Waals surface area contributed by atoms with Crippen LogP contribution in [-0.2, 0) is 9.53 Å². The molecule has 0 radical (unpaired) electrons. The largest absolute Gasteiger partial charge is 0.465 e. The summed E-state index contributed by atoms with van der Waals surface area (Å²) in [6, 6.07) is 3.26. The van der Waals surface area contributed by atoms with E-state index in [1.807, 2.05) is 0 Å². The standard InChI is InChI=1S/C14H17FN2O3/c1-20-14(19)10-6-5-9(15)8-12(10)17-13(18)11-4-2-3-7-16-11/h5-6,8,11,16H,2-4,7H2,1H3,(H,17,18)/t11-/m0/s1. The van der Waals surface area contributed by atoms with Gasteiger partial charge in [0.05, 0.1) is 24.4 Å². The highest BCUT2D eigenvalue weighted by atomic mass is 19.1. The summed E-state index contributed by atoms with van der Waals surface area (Å²) in [6.07, 6.45) is 2.74. The number of anilines is 1. The predicted molar refractivity (Wildman–Crippen MR) is 72.0 cm³/mol. The second-order valence-corrected chi connectivity index (χ2v) is 4.67. The van der Waals surface area contributed by atoms with Gasteiger partial charge in [0.25, 0.3) is 0 Å². The molecule has 2 N–H and O–H groups in total. The monoisotopic (exact) mass is 280 g/mol. The van der Waals surface area contributed by atoms with Gasteiger partial charge < -0.3 is 15.4 Å². The number of nitrogens with one attached hydrogen (secondary N) is 2. The van der Waals surface area contributed by atoms with Crippen molar-refractivity contribution in [1.82, 2.24) is 5.32 Å². The molecule has 1 heterocycles. The summed E-state index contributed by atoms with van der Waals surface area (Å²) in [5.74, 6) is -1.40. The molecule has 2 rings (SSSR count). The molecule has 1 amide bonds. The van der Waals surface area contributed by atoms with Gasteiger partial charge in [-0.15, -0.1) is 0 Å². The maximum Gasteiger partial charge on any atom is 0.339 e. The number of rotatable bonds is 3. The molecule has 1 aromatic rings. The van der Waals surface area contributed by atoms with Crippen LogP contribution in [0.5, 0.6) is 0 Å². The van der Waals surface area contributed by atoms with Crippen LogP contribution in [0.1, 0.15) is 29.6 Å². The molecule has 5 nitrogen and oxygen atoms in total. The number of carbonyl (C=O) groups excluding carboxylic acids is 2. The van der Waals surface area contributed by atoms with Crippen molar-refractivity contribution in [3.63, 3.8) is 0 Å². The first kappa shape index (κ1) is 14.5. The zero-order valence-corrected chi connectivity index (χ0v) is 11.2. The van der Waals surface area contributed by atoms with E-state index in [1.54, 1.807) is 0 Å². The summed E-state index contributed by atoms with van der Waals surface area (Å²) in [4.78, 5) is 23.7. The Balaban J connectivity index is 2.16. The number of piperidine rings is 1. The molecule has 0 spiro atoms. The van der Waals surface area contributed by atoms with Gasteiger partial charge in [0.2, 0.25) is 5.91 Å². The molecular weight excluding hydrogens is 263 g/mol. The van der Waals surface area contributed by atoms with E-state index >= 15 is 0 Å². The molecule has 0 aliphatic carbocycles. The minimum absolute atomic E-state index is 0.134. The van der Waals surface area contributed by atoms with Gasteiger partial charge in [-0.05, 0) is 37.6 Å². The van der Waals surface area contributed by atoms with E-state index in [0.29, 0.717) is 0 Å². The summed E-state index contributed by atoms with van der Waals surface area (Å²) < 4.78 is 17.9. The first-order valence-corrected chi connectivity index (χ1v) is 6.54. The number of halogens is 1. The van der Waals surface area contributed by atoms with Crippen LogP contribution in [0.2, 0.25) is 0 Å². The molecule has 108 valence electrons. The van der Waals surface area contributed by atoms with Crippen LogP contribution in [0.15, 0.2) is 18.2 Å². The lowest BCUT2D eigenvalue weighted by molar-refractivity contribution is -0.118. The van der Waals surface area contributed by atoms with Crippen molar-refractivity contribution >= 4 is 17.6 Å². The van der Waals surface area contributed by atoms with Gasteiger partial charge in [0.1, 0.15) is 5.82 Å². The molecule has 0 unspecified atom stereocenters. The van der Waals surface area contributed by atoms with Crippen molar-refractivity contribution in [3.05, 3.63) is 29.6 Å². The van der Waals surface area contributed by atoms with Crippen LogP contribution < -0.4 is 10.6 Å². The van der Waals surface area contributed by atoms with Crippen LogP contribution in [0.3, 0.4) is 0 Å². The zero-order valence-electron chi connectivity index (χ0n) is 11.2. The number of ether oxygens (including phenoxy) is 1. The Morgan fingerprint density at radius 1 is 1.40 bits per heavy atom. The minimum Gasteiger partial charge on any atom is -0.465 e. The zero-order chi connectivity index (χ0) is 14.5. The van der Waals surface area contributed by atoms with Crippen LogP contribution in [0.25, 0.3) is 0 Å². The SMILES string of the molecule is COC(=O)c1ccc(F)cc1NC(=O)[C@@H]1CCCCN1. The third-order valence-corrected chi connectivity index (χ3v) is 3.27. The van der Waals surface area contributed by atoms with Crippen LogP contribution in [-0.4, -0.2) is 31.6 Å². The van der Waals surface area contributed by atoms with Gasteiger partial charge in [-0.3, -0.25) is 4.79 Å². The molecule has 0 bridgehead atoms. The summed E-state index contributed by atoms with van der Waals surface area (Å²) in [6.45, 7) is 0.783. The van der Waals surface area contributed by atoms with E-state index in [4.69, 9.17) is 0 Å². The van der Waals surface area contributed by atoms with Crippen molar-refractivity contribution in [1.29, 1.82) is 0 Å². The second kappa shape index (κ2) is 6.47. The van der Waals surface area contributed by atoms with E-state index in [0.717, 1.165) is 37.9 Å². The van der Waals surface area contributed by atoms with E-state index in [1.165, 1.54) is 13.2 Å². The number of hydrogen-bond acceptors (Lipinski definition) is 4. The highest BCUT2D eigenvalue weighted by Gasteiger charge is 2.22. The van der Waals surface area contributed by atoms with Crippen LogP contribution in [0, 0.1) is 5.82 Å². The van der Waals surface area contributed by atoms with Gasteiger partial charge in [0, 0.05) is 0 Å². The quantitative estimate of drug-likeness (QED) is 0.827. The van der Waals surface area contributed by atoms with E-state index in [-0.39, 0.29) is 23.2 Å². The fraction of sp³-hybridized carbons (Fsp3) is 0.429. The topological polar surface area (TPSA) is 67.4 Å². The Kier molecular flexibility index (Phi) is 4.68. The van der Waals surface area contributed by atoms with Crippen molar-refractivity contribution in [2.24, 2.45) is 0 Å². The molecular formula is C14H17FN2O3. The molecule has 0 saturated carbocycles. The van der Waals surface area contributed by atoms with Gasteiger partial charge in [-0.25, -0.2) is 9.18 Å². The smallest absolute Gasteiger partial charge is 0.339 e. The highest BCUT2D eigenvalue weighted by molar-refractivity contribution is 6.02. The molecule has 1 aromatic carbocycles. The fourth-order valence-corrected chi connectivity index (χ4v) is 2.20. The normalized spacial score (nSPS) is 18.4. The van der Waals surface area contributed by atoms with Gasteiger partial charge in [-0.2, -0.15) is 0 Å². The van der Waals surface area contributed by atoms with Crippen molar-refractivity contribution in [2.45, 2.75) is 25.3 Å². The van der Waals surface area contributed by atoms with E-state index in [2.05, 4.69) is 15.4 Å². The molecule has 1 fully saturated rings. The lowest BCUT2D eigenvalue weighted by atomic mass is 10.0. The van der Waals surface area contributed by atoms with Gasteiger partial charge in [-0.1, -0.05) is 6.42 Å². The molecule has 0 aromatic heterocycles. The predicted octanol–water partition coefficient (Wildman–Crippen LogP) is 1.69. The first-order chi connectivity index (χ1) is 9.61. The number of carbonyl (C=O) groups is 2. The first-order valence-electron chi connectivity index (χ1n) is 6.54. The van der Waals surface area contributed by atoms with E-state index in [9.17, 15) is 14.0 Å². The van der Waals surface area contributed by atoms with Crippen LogP contribution in [0.4, 0.5) is 10.1 Å². The molecule has 1 saturated heterocycles. The van der Waals surface area contributed by atoms with Crippen LogP contribution >= 0.6 is 0 Å². The highest BCUT2D eigenvalue weighted by Crippen LogP contribution is 2.19. The number of benzene rings is 1. The fourth-order valence-electron chi connectivity index (χ4n) is 2.20. The Hall–Kier alpha value is -1.95. The maximum atomic E-state index is 13.3. The number of esters is 1. The molecule has 20 heavy (non-hydrogen) atoms. The average molecular weight is 280 g/mol. The molecule has 1 aliphatic heterocycles. The molecule has 6 heteroatoms.